The lowest BCUT2D eigenvalue weighted by atomic mass is 10.1. The summed E-state index contributed by atoms with van der Waals surface area (Å²) in [5.74, 6) is 0.00773. The summed E-state index contributed by atoms with van der Waals surface area (Å²) in [5.41, 5.74) is 1.10. The van der Waals surface area contributed by atoms with E-state index in [1.54, 1.807) is 12.1 Å². The molecule has 160 valence electrons. The Bertz CT molecular complexity index is 900. The minimum Gasteiger partial charge on any atom is -0.326 e. The summed E-state index contributed by atoms with van der Waals surface area (Å²) < 4.78 is 38.5. The summed E-state index contributed by atoms with van der Waals surface area (Å²) in [5, 5.41) is 2.51. The average molecular weight is 436 g/mol. The molecular formula is C22H23F3N2O2S. The van der Waals surface area contributed by atoms with Gasteiger partial charge in [-0.05, 0) is 48.4 Å². The number of hydrogen-bond donors (Lipinski definition) is 1. The van der Waals surface area contributed by atoms with E-state index in [4.69, 9.17) is 0 Å². The number of alkyl halides is 3. The van der Waals surface area contributed by atoms with Gasteiger partial charge >= 0.3 is 6.18 Å². The Kier molecular flexibility index (Phi) is 7.07. The minimum atomic E-state index is -4.43. The monoisotopic (exact) mass is 436 g/mol. The van der Waals surface area contributed by atoms with Crippen LogP contribution in [0, 0.1) is 0 Å². The number of carbonyl (C=O) groups is 2. The predicted molar refractivity (Wildman–Crippen MR) is 113 cm³/mol. The van der Waals surface area contributed by atoms with Gasteiger partial charge in [0, 0.05) is 17.8 Å². The molecule has 2 amide bonds. The molecule has 0 aliphatic carbocycles. The molecule has 0 bridgehead atoms. The van der Waals surface area contributed by atoms with Crippen LogP contribution < -0.4 is 10.2 Å². The average Bonchev–Trinajstić information content (AvgIpc) is 3.09. The molecule has 2 aromatic rings. The van der Waals surface area contributed by atoms with Crippen LogP contribution in [0.5, 0.6) is 0 Å². The smallest absolute Gasteiger partial charge is 0.326 e. The highest BCUT2D eigenvalue weighted by molar-refractivity contribution is 8.00. The van der Waals surface area contributed by atoms with Gasteiger partial charge in [-0.25, -0.2) is 0 Å². The minimum absolute atomic E-state index is 0.0599. The lowest BCUT2D eigenvalue weighted by Crippen LogP contribution is -2.28. The molecule has 0 unspecified atom stereocenters. The van der Waals surface area contributed by atoms with Gasteiger partial charge in [-0.15, -0.1) is 11.8 Å². The Morgan fingerprint density at radius 3 is 2.57 bits per heavy atom. The number of anilines is 2. The highest BCUT2D eigenvalue weighted by Gasteiger charge is 2.35. The van der Waals surface area contributed by atoms with E-state index in [1.807, 2.05) is 12.1 Å². The standard InChI is InChI=1S/C22H23F3N2O2S/c1-2-3-4-8-19(28)26-17-7-5-6-15(13-17)21-27(20(29)14-30-21)18-11-9-16(10-12-18)22(23,24)25/h5-7,9-13,21H,2-4,8,14H2,1H3,(H,26,28)/t21-/m0/s1. The molecule has 8 heteroatoms. The second-order valence-electron chi connectivity index (χ2n) is 7.10. The molecule has 3 rings (SSSR count). The highest BCUT2D eigenvalue weighted by atomic mass is 32.2. The first kappa shape index (κ1) is 22.2. The number of benzene rings is 2. The number of nitrogens with zero attached hydrogens (tertiary/aromatic N) is 1. The molecule has 1 aliphatic heterocycles. The summed E-state index contributed by atoms with van der Waals surface area (Å²) in [6, 6.07) is 11.8. The van der Waals surface area contributed by atoms with Crippen molar-refractivity contribution in [1.29, 1.82) is 0 Å². The van der Waals surface area contributed by atoms with Crippen LogP contribution in [0.3, 0.4) is 0 Å². The van der Waals surface area contributed by atoms with E-state index in [0.717, 1.165) is 37.0 Å². The van der Waals surface area contributed by atoms with Crippen molar-refractivity contribution in [1.82, 2.24) is 0 Å². The molecule has 0 aromatic heterocycles. The van der Waals surface area contributed by atoms with Crippen molar-refractivity contribution < 1.29 is 22.8 Å². The van der Waals surface area contributed by atoms with Gasteiger partial charge in [-0.1, -0.05) is 31.9 Å². The highest BCUT2D eigenvalue weighted by Crippen LogP contribution is 2.43. The zero-order valence-electron chi connectivity index (χ0n) is 16.5. The van der Waals surface area contributed by atoms with Crippen LogP contribution in [0.4, 0.5) is 24.5 Å². The van der Waals surface area contributed by atoms with E-state index >= 15 is 0 Å². The van der Waals surface area contributed by atoms with Gasteiger partial charge < -0.3 is 5.32 Å². The van der Waals surface area contributed by atoms with Gasteiger partial charge in [0.2, 0.25) is 11.8 Å². The van der Waals surface area contributed by atoms with Crippen molar-refractivity contribution in [2.45, 2.75) is 44.2 Å². The van der Waals surface area contributed by atoms with Gasteiger partial charge in [0.05, 0.1) is 11.3 Å². The molecule has 0 spiro atoms. The van der Waals surface area contributed by atoms with Gasteiger partial charge in [-0.2, -0.15) is 13.2 Å². The Labute approximate surface area is 177 Å². The van der Waals surface area contributed by atoms with Crippen LogP contribution >= 0.6 is 11.8 Å². The largest absolute Gasteiger partial charge is 0.416 e. The summed E-state index contributed by atoms with van der Waals surface area (Å²) in [6.07, 6.45) is -1.11. The molecular weight excluding hydrogens is 413 g/mol. The van der Waals surface area contributed by atoms with Crippen molar-refractivity contribution in [3.8, 4) is 0 Å². The number of unbranched alkanes of at least 4 members (excludes halogenated alkanes) is 2. The van der Waals surface area contributed by atoms with Crippen molar-refractivity contribution in [2.75, 3.05) is 16.0 Å². The molecule has 0 saturated carbocycles. The van der Waals surface area contributed by atoms with Crippen LogP contribution in [0.25, 0.3) is 0 Å². The quantitative estimate of drug-likeness (QED) is 0.542. The number of halogens is 3. The summed E-state index contributed by atoms with van der Waals surface area (Å²) in [7, 11) is 0. The number of amides is 2. The number of thioether (sulfide) groups is 1. The zero-order valence-corrected chi connectivity index (χ0v) is 17.4. The SMILES string of the molecule is CCCCCC(=O)Nc1cccc([C@@H]2SCC(=O)N2c2ccc(C(F)(F)F)cc2)c1. The molecule has 0 radical (unpaired) electrons. The molecule has 1 aliphatic rings. The topological polar surface area (TPSA) is 49.4 Å². The first-order valence-corrected chi connectivity index (χ1v) is 10.8. The summed E-state index contributed by atoms with van der Waals surface area (Å²) in [6.45, 7) is 2.07. The second-order valence-corrected chi connectivity index (χ2v) is 8.17. The van der Waals surface area contributed by atoms with Crippen LogP contribution in [-0.2, 0) is 15.8 Å². The fourth-order valence-corrected chi connectivity index (χ4v) is 4.46. The lowest BCUT2D eigenvalue weighted by Gasteiger charge is -2.25. The van der Waals surface area contributed by atoms with Crippen molar-refractivity contribution in [3.05, 3.63) is 59.7 Å². The molecule has 1 saturated heterocycles. The van der Waals surface area contributed by atoms with Crippen molar-refractivity contribution in [2.24, 2.45) is 0 Å². The maximum atomic E-state index is 12.8. The Morgan fingerprint density at radius 1 is 1.17 bits per heavy atom. The molecule has 1 atom stereocenters. The van der Waals surface area contributed by atoms with E-state index in [2.05, 4.69) is 12.2 Å². The molecule has 2 aromatic carbocycles. The van der Waals surface area contributed by atoms with E-state index in [1.165, 1.54) is 28.8 Å². The molecule has 1 N–H and O–H groups in total. The summed E-state index contributed by atoms with van der Waals surface area (Å²) >= 11 is 1.40. The lowest BCUT2D eigenvalue weighted by molar-refractivity contribution is -0.137. The number of rotatable bonds is 7. The zero-order chi connectivity index (χ0) is 21.7. The van der Waals surface area contributed by atoms with Gasteiger partial charge in [0.1, 0.15) is 5.37 Å². The first-order chi connectivity index (χ1) is 14.3. The maximum Gasteiger partial charge on any atom is 0.416 e. The van der Waals surface area contributed by atoms with Crippen LogP contribution in [0.2, 0.25) is 0 Å². The van der Waals surface area contributed by atoms with E-state index in [0.29, 0.717) is 17.8 Å². The van der Waals surface area contributed by atoms with E-state index in [9.17, 15) is 22.8 Å². The normalized spacial score (nSPS) is 16.7. The third kappa shape index (κ3) is 5.36. The number of carbonyl (C=O) groups excluding carboxylic acids is 2. The van der Waals surface area contributed by atoms with Gasteiger partial charge in [-0.3, -0.25) is 14.5 Å². The number of hydrogen-bond acceptors (Lipinski definition) is 3. The van der Waals surface area contributed by atoms with Crippen molar-refractivity contribution in [3.63, 3.8) is 0 Å². The van der Waals surface area contributed by atoms with Gasteiger partial charge in [0.25, 0.3) is 0 Å². The molecule has 1 fully saturated rings. The predicted octanol–water partition coefficient (Wildman–Crippen LogP) is 6.00. The Morgan fingerprint density at radius 2 is 1.90 bits per heavy atom. The van der Waals surface area contributed by atoms with E-state index < -0.39 is 11.7 Å². The Balaban J connectivity index is 1.77. The summed E-state index contributed by atoms with van der Waals surface area (Å²) in [4.78, 5) is 26.1. The van der Waals surface area contributed by atoms with Gasteiger partial charge in [0.15, 0.2) is 0 Å². The van der Waals surface area contributed by atoms with Crippen LogP contribution in [0.15, 0.2) is 48.5 Å². The van der Waals surface area contributed by atoms with E-state index in [-0.39, 0.29) is 22.9 Å². The first-order valence-electron chi connectivity index (χ1n) is 9.80. The van der Waals surface area contributed by atoms with Crippen LogP contribution in [-0.4, -0.2) is 17.6 Å². The molecule has 4 nitrogen and oxygen atoms in total. The fourth-order valence-electron chi connectivity index (χ4n) is 3.29. The molecule has 1 heterocycles. The van der Waals surface area contributed by atoms with Crippen LogP contribution in [0.1, 0.15) is 49.1 Å². The maximum absolute atomic E-state index is 12.8. The Hall–Kier alpha value is -2.48. The van der Waals surface area contributed by atoms with Crippen molar-refractivity contribution >= 4 is 35.0 Å². The molecule has 30 heavy (non-hydrogen) atoms. The second kappa shape index (κ2) is 9.55. The third-order valence-electron chi connectivity index (χ3n) is 4.80. The third-order valence-corrected chi connectivity index (χ3v) is 6.02. The number of nitrogens with one attached hydrogen (secondary N) is 1. The fraction of sp³-hybridized carbons (Fsp3) is 0.364.